The number of anilines is 2. The molecule has 0 spiro atoms. The highest BCUT2D eigenvalue weighted by Crippen LogP contribution is 2.40. The Morgan fingerprint density at radius 3 is 2.08 bits per heavy atom. The average Bonchev–Trinajstić information content (AvgIpc) is 3.70. The first-order valence-corrected chi connectivity index (χ1v) is 25.1. The minimum absolute atomic E-state index is 0.0823. The SMILES string of the molecule is CN1CCC[C@H]1C[C@H](CSc1ccccc1)Nc1ccc(S(=O)(=O)NC(=O)c2ccc(N3CCC(C(O)c4ccccc4-c4ccc(C(F)(F)F)cc4)CC3)cc2)cc1S(=O)(=O)C(F)(F)F. The lowest BCUT2D eigenvalue weighted by Gasteiger charge is -2.36. The molecule has 19 heteroatoms. The number of sulfone groups is 1. The summed E-state index contributed by atoms with van der Waals surface area (Å²) in [6.45, 7) is 1.84. The molecular weight excluding hydrogens is 927 g/mol. The number of carbonyl (C=O) groups excluding carboxylic acids is 1. The molecule has 3 atom stereocenters. The molecule has 2 aliphatic heterocycles. The molecule has 2 aliphatic rings. The van der Waals surface area contributed by atoms with Crippen LogP contribution in [0.4, 0.5) is 37.7 Å². The second kappa shape index (κ2) is 20.0. The molecule has 1 unspecified atom stereocenters. The third kappa shape index (κ3) is 11.4. The van der Waals surface area contributed by atoms with Crippen LogP contribution < -0.4 is 14.9 Å². The number of likely N-dealkylation sites (tertiary alicyclic amines) is 1. The second-order valence-electron chi connectivity index (χ2n) is 16.5. The lowest BCUT2D eigenvalue weighted by Crippen LogP contribution is -2.36. The number of rotatable bonds is 15. The highest BCUT2D eigenvalue weighted by molar-refractivity contribution is 7.99. The number of carbonyl (C=O) groups is 1. The van der Waals surface area contributed by atoms with E-state index in [0.29, 0.717) is 66.5 Å². The standard InChI is InChI=1S/C47H48F6N4O6S3/c1-56-25-7-8-37(56)28-35(30-64-38-9-3-2-4-10-38)54-42-22-21-39(29-43(42)65(60,61)47(51,52)53)66(62,63)55-45(59)33-15-19-36(20-16-33)57-26-23-32(24-27-57)44(58)41-12-6-5-11-40(41)31-13-17-34(18-14-31)46(48,49)50/h2-6,9-22,29,32,35,37,44,54,58H,7-8,23-28,30H2,1H3,(H,55,59)/t35-,37+,44?/m1/s1. The van der Waals surface area contributed by atoms with Crippen molar-refractivity contribution in [3.05, 3.63) is 138 Å². The van der Waals surface area contributed by atoms with E-state index in [-0.39, 0.29) is 17.5 Å². The molecule has 10 nitrogen and oxygen atoms in total. The number of nitrogens with one attached hydrogen (secondary N) is 2. The summed E-state index contributed by atoms with van der Waals surface area (Å²) in [4.78, 5) is 16.2. The lowest BCUT2D eigenvalue weighted by molar-refractivity contribution is -0.137. The topological polar surface area (TPSA) is 136 Å². The Balaban J connectivity index is 1.02. The van der Waals surface area contributed by atoms with Gasteiger partial charge < -0.3 is 20.2 Å². The number of halogens is 6. The van der Waals surface area contributed by atoms with Crippen molar-refractivity contribution in [1.82, 2.24) is 9.62 Å². The molecule has 0 aromatic heterocycles. The van der Waals surface area contributed by atoms with E-state index < -0.39 is 70.6 Å². The summed E-state index contributed by atoms with van der Waals surface area (Å²) in [5.74, 6) is -0.915. The number of hydrogen-bond acceptors (Lipinski definition) is 10. The van der Waals surface area contributed by atoms with E-state index in [1.54, 1.807) is 36.4 Å². The number of piperidine rings is 1. The number of aliphatic hydroxyl groups is 1. The first kappa shape index (κ1) is 48.8. The average molecular weight is 975 g/mol. The lowest BCUT2D eigenvalue weighted by atomic mass is 9.84. The smallest absolute Gasteiger partial charge is 0.388 e. The van der Waals surface area contributed by atoms with Crippen molar-refractivity contribution in [1.29, 1.82) is 0 Å². The van der Waals surface area contributed by atoms with Crippen LogP contribution in [-0.2, 0) is 26.0 Å². The summed E-state index contributed by atoms with van der Waals surface area (Å²) in [5, 5.41) is 14.5. The molecule has 0 bridgehead atoms. The van der Waals surface area contributed by atoms with Crippen LogP contribution in [0.15, 0.2) is 136 Å². The normalized spacial score (nSPS) is 17.6. The molecule has 0 saturated carbocycles. The van der Waals surface area contributed by atoms with Gasteiger partial charge in [0, 0.05) is 47.1 Å². The molecule has 1 amide bonds. The number of aliphatic hydroxyl groups excluding tert-OH is 1. The van der Waals surface area contributed by atoms with Crippen molar-refractivity contribution in [3.8, 4) is 11.1 Å². The second-order valence-corrected chi connectivity index (χ2v) is 21.2. The number of sulfonamides is 1. The van der Waals surface area contributed by atoms with Gasteiger partial charge in [-0.3, -0.25) is 4.79 Å². The van der Waals surface area contributed by atoms with Gasteiger partial charge in [-0.1, -0.05) is 54.6 Å². The summed E-state index contributed by atoms with van der Waals surface area (Å²) in [7, 11) is -9.04. The van der Waals surface area contributed by atoms with Crippen LogP contribution in [-0.4, -0.2) is 82.8 Å². The Bertz CT molecular complexity index is 2700. The fourth-order valence-electron chi connectivity index (χ4n) is 8.49. The summed E-state index contributed by atoms with van der Waals surface area (Å²) in [6, 6.07) is 29.0. The maximum absolute atomic E-state index is 14.2. The number of thioether (sulfide) groups is 1. The maximum atomic E-state index is 14.2. The molecule has 7 rings (SSSR count). The van der Waals surface area contributed by atoms with Crippen molar-refractivity contribution < 1.29 is 53.1 Å². The van der Waals surface area contributed by atoms with Crippen LogP contribution in [0.1, 0.15) is 59.7 Å². The predicted octanol–water partition coefficient (Wildman–Crippen LogP) is 9.79. The van der Waals surface area contributed by atoms with E-state index in [1.165, 1.54) is 36.0 Å². The molecule has 0 radical (unpaired) electrons. The monoisotopic (exact) mass is 974 g/mol. The number of amides is 1. The molecule has 2 heterocycles. The molecule has 2 saturated heterocycles. The number of benzene rings is 5. The van der Waals surface area contributed by atoms with E-state index in [2.05, 4.69) is 10.2 Å². The van der Waals surface area contributed by atoms with Gasteiger partial charge in [0.15, 0.2) is 0 Å². The first-order chi connectivity index (χ1) is 31.2. The number of alkyl halides is 6. The van der Waals surface area contributed by atoms with E-state index in [4.69, 9.17) is 0 Å². The van der Waals surface area contributed by atoms with E-state index in [0.717, 1.165) is 48.5 Å². The van der Waals surface area contributed by atoms with Crippen LogP contribution in [0.3, 0.4) is 0 Å². The minimum Gasteiger partial charge on any atom is -0.388 e. The van der Waals surface area contributed by atoms with Crippen LogP contribution >= 0.6 is 11.8 Å². The molecule has 66 heavy (non-hydrogen) atoms. The van der Waals surface area contributed by atoms with Gasteiger partial charge in [0.2, 0.25) is 0 Å². The zero-order chi connectivity index (χ0) is 47.4. The van der Waals surface area contributed by atoms with Gasteiger partial charge in [-0.15, -0.1) is 11.8 Å². The van der Waals surface area contributed by atoms with Crippen molar-refractivity contribution in [3.63, 3.8) is 0 Å². The van der Waals surface area contributed by atoms with E-state index in [1.807, 2.05) is 47.0 Å². The van der Waals surface area contributed by atoms with E-state index >= 15 is 0 Å². The Morgan fingerprint density at radius 2 is 1.45 bits per heavy atom. The van der Waals surface area contributed by atoms with Gasteiger partial charge in [-0.2, -0.15) is 26.3 Å². The largest absolute Gasteiger partial charge is 0.501 e. The van der Waals surface area contributed by atoms with Gasteiger partial charge >= 0.3 is 11.7 Å². The molecule has 5 aromatic carbocycles. The summed E-state index contributed by atoms with van der Waals surface area (Å²) < 4.78 is 137. The number of hydrogen-bond donors (Lipinski definition) is 3. The summed E-state index contributed by atoms with van der Waals surface area (Å²) >= 11 is 1.44. The molecule has 3 N–H and O–H groups in total. The van der Waals surface area contributed by atoms with Gasteiger partial charge in [0.1, 0.15) is 4.90 Å². The van der Waals surface area contributed by atoms with E-state index in [9.17, 15) is 53.1 Å². The first-order valence-electron chi connectivity index (χ1n) is 21.2. The Hall–Kier alpha value is -5.08. The molecule has 5 aromatic rings. The summed E-state index contributed by atoms with van der Waals surface area (Å²) in [5.41, 5.74) is -4.61. The molecule has 352 valence electrons. The van der Waals surface area contributed by atoms with Gasteiger partial charge in [0.25, 0.3) is 25.8 Å². The Labute approximate surface area is 384 Å². The van der Waals surface area contributed by atoms with Gasteiger partial charge in [-0.05, 0) is 135 Å². The highest BCUT2D eigenvalue weighted by Gasteiger charge is 2.48. The van der Waals surface area contributed by atoms with Crippen molar-refractivity contribution in [2.75, 3.05) is 42.7 Å². The van der Waals surface area contributed by atoms with Gasteiger partial charge in [-0.25, -0.2) is 21.6 Å². The fraction of sp³-hybridized carbons (Fsp3) is 0.340. The molecule has 2 fully saturated rings. The Morgan fingerprint density at radius 1 is 0.803 bits per heavy atom. The molecule has 0 aliphatic carbocycles. The van der Waals surface area contributed by atoms with Crippen molar-refractivity contribution >= 4 is 48.9 Å². The minimum atomic E-state index is -6.09. The maximum Gasteiger partial charge on any atom is 0.501 e. The Kier molecular flexibility index (Phi) is 14.8. The highest BCUT2D eigenvalue weighted by atomic mass is 32.2. The predicted molar refractivity (Wildman–Crippen MR) is 242 cm³/mol. The van der Waals surface area contributed by atoms with Crippen LogP contribution in [0.5, 0.6) is 0 Å². The van der Waals surface area contributed by atoms with Gasteiger partial charge in [0.05, 0.1) is 22.3 Å². The third-order valence-corrected chi connectivity index (χ3v) is 16.2. The third-order valence-electron chi connectivity index (χ3n) is 12.2. The van der Waals surface area contributed by atoms with Crippen molar-refractivity contribution in [2.24, 2.45) is 5.92 Å². The van der Waals surface area contributed by atoms with Crippen molar-refractivity contribution in [2.45, 2.75) is 76.7 Å². The van der Waals surface area contributed by atoms with Crippen LogP contribution in [0, 0.1) is 5.92 Å². The number of nitrogens with zero attached hydrogens (tertiary/aromatic N) is 2. The fourth-order valence-corrected chi connectivity index (χ4v) is 11.5. The van der Waals surface area contributed by atoms with Crippen LogP contribution in [0.2, 0.25) is 0 Å². The zero-order valence-electron chi connectivity index (χ0n) is 35.6. The molecular formula is C47H48F6N4O6S3. The zero-order valence-corrected chi connectivity index (χ0v) is 38.0. The summed E-state index contributed by atoms with van der Waals surface area (Å²) in [6.07, 6.45) is -2.03. The quantitative estimate of drug-likeness (QED) is 0.0688. The van der Waals surface area contributed by atoms with Crippen LogP contribution in [0.25, 0.3) is 11.1 Å².